The number of hydrogen-bond acceptors (Lipinski definition) is 3. The molecule has 5 heteroatoms. The number of likely N-dealkylation sites (tertiary alicyclic amines) is 1. The van der Waals surface area contributed by atoms with E-state index < -0.39 is 0 Å². The Labute approximate surface area is 171 Å². The van der Waals surface area contributed by atoms with Gasteiger partial charge >= 0.3 is 0 Å². The zero-order valence-electron chi connectivity index (χ0n) is 16.1. The van der Waals surface area contributed by atoms with E-state index in [2.05, 4.69) is 16.3 Å². The molecule has 148 valence electrons. The van der Waals surface area contributed by atoms with Gasteiger partial charge in [0, 0.05) is 36.8 Å². The van der Waals surface area contributed by atoms with E-state index in [0.717, 1.165) is 50.3 Å². The minimum atomic E-state index is -0.0264. The Bertz CT molecular complexity index is 803. The Morgan fingerprint density at radius 2 is 1.89 bits per heavy atom. The molecule has 4 nitrogen and oxygen atoms in total. The number of halogens is 1. The van der Waals surface area contributed by atoms with Crippen LogP contribution in [-0.2, 0) is 11.3 Å². The van der Waals surface area contributed by atoms with Gasteiger partial charge in [-0.25, -0.2) is 0 Å². The molecule has 2 aromatic carbocycles. The van der Waals surface area contributed by atoms with Crippen molar-refractivity contribution in [3.8, 4) is 0 Å². The van der Waals surface area contributed by atoms with E-state index >= 15 is 0 Å². The van der Waals surface area contributed by atoms with Gasteiger partial charge in [0.25, 0.3) is 5.91 Å². The monoisotopic (exact) mass is 398 g/mol. The Kier molecular flexibility index (Phi) is 6.00. The lowest BCUT2D eigenvalue weighted by Crippen LogP contribution is -2.44. The quantitative estimate of drug-likeness (QED) is 0.817. The Morgan fingerprint density at radius 1 is 1.11 bits per heavy atom. The van der Waals surface area contributed by atoms with Gasteiger partial charge in [-0.1, -0.05) is 41.9 Å². The Hall–Kier alpha value is -1.88. The third-order valence-electron chi connectivity index (χ3n) is 5.93. The lowest BCUT2D eigenvalue weighted by Gasteiger charge is -2.39. The first-order valence-electron chi connectivity index (χ1n) is 10.1. The van der Waals surface area contributed by atoms with Crippen molar-refractivity contribution < 1.29 is 9.53 Å². The van der Waals surface area contributed by atoms with E-state index in [9.17, 15) is 4.79 Å². The van der Waals surface area contributed by atoms with Gasteiger partial charge in [0.2, 0.25) is 0 Å². The summed E-state index contributed by atoms with van der Waals surface area (Å²) < 4.78 is 6.43. The minimum absolute atomic E-state index is 0.00697. The molecule has 0 bridgehead atoms. The average Bonchev–Trinajstić information content (AvgIpc) is 3.11. The summed E-state index contributed by atoms with van der Waals surface area (Å²) in [5.41, 5.74) is 1.95. The predicted molar refractivity (Wildman–Crippen MR) is 112 cm³/mol. The van der Waals surface area contributed by atoms with Crippen molar-refractivity contribution in [2.24, 2.45) is 0 Å². The summed E-state index contributed by atoms with van der Waals surface area (Å²) in [4.78, 5) is 14.7. The van der Waals surface area contributed by atoms with Gasteiger partial charge in [-0.2, -0.15) is 0 Å². The summed E-state index contributed by atoms with van der Waals surface area (Å²) in [7, 11) is 0. The lowest BCUT2D eigenvalue weighted by atomic mass is 9.88. The van der Waals surface area contributed by atoms with E-state index in [1.807, 2.05) is 48.5 Å². The van der Waals surface area contributed by atoms with E-state index in [1.165, 1.54) is 5.56 Å². The van der Waals surface area contributed by atoms with E-state index in [1.54, 1.807) is 0 Å². The first kappa shape index (κ1) is 19.4. The van der Waals surface area contributed by atoms with Crippen molar-refractivity contribution in [3.05, 3.63) is 70.7 Å². The molecule has 28 heavy (non-hydrogen) atoms. The molecule has 2 aliphatic heterocycles. The van der Waals surface area contributed by atoms with Gasteiger partial charge in [0.15, 0.2) is 0 Å². The summed E-state index contributed by atoms with van der Waals surface area (Å²) in [6.45, 7) is 3.60. The molecule has 1 amide bonds. The Balaban J connectivity index is 1.23. The molecule has 4 rings (SSSR count). The number of benzene rings is 2. The molecule has 1 atom stereocenters. The molecule has 2 aromatic rings. The number of carbonyl (C=O) groups is 1. The summed E-state index contributed by atoms with van der Waals surface area (Å²) in [5, 5.41) is 3.82. The summed E-state index contributed by atoms with van der Waals surface area (Å²) in [5.74, 6) is -0.0264. The second kappa shape index (κ2) is 8.64. The number of amides is 1. The second-order valence-electron chi connectivity index (χ2n) is 7.94. The van der Waals surface area contributed by atoms with Crippen LogP contribution in [0.3, 0.4) is 0 Å². The van der Waals surface area contributed by atoms with Gasteiger partial charge < -0.3 is 10.1 Å². The molecule has 1 N–H and O–H groups in total. The van der Waals surface area contributed by atoms with Crippen molar-refractivity contribution in [2.45, 2.75) is 43.9 Å². The zero-order chi connectivity index (χ0) is 19.4. The highest BCUT2D eigenvalue weighted by Gasteiger charge is 2.42. The highest BCUT2D eigenvalue weighted by Crippen LogP contribution is 2.39. The number of carbonyl (C=O) groups excluding carboxylic acids is 1. The molecule has 1 spiro atoms. The fraction of sp³-hybridized carbons (Fsp3) is 0.435. The summed E-state index contributed by atoms with van der Waals surface area (Å²) in [6, 6.07) is 17.5. The fourth-order valence-electron chi connectivity index (χ4n) is 4.32. The second-order valence-corrected chi connectivity index (χ2v) is 8.38. The lowest BCUT2D eigenvalue weighted by molar-refractivity contribution is -0.0764. The van der Waals surface area contributed by atoms with Gasteiger partial charge in [-0.05, 0) is 55.5 Å². The standard InChI is InChI=1S/C23H27ClN2O2/c24-20-8-4-5-18(15-20)17-26-13-11-23(12-14-26)10-9-21(28-23)16-25-22(27)19-6-2-1-3-7-19/h1-8,15,21H,9-14,16-17H2,(H,25,27)/t21-/m1/s1. The van der Waals surface area contributed by atoms with Gasteiger partial charge in [0.05, 0.1) is 11.7 Å². The third-order valence-corrected chi connectivity index (χ3v) is 6.16. The molecule has 0 aromatic heterocycles. The van der Waals surface area contributed by atoms with Gasteiger partial charge in [-0.15, -0.1) is 0 Å². The number of rotatable bonds is 5. The number of ether oxygens (including phenoxy) is 1. The van der Waals surface area contributed by atoms with Crippen LogP contribution in [0.5, 0.6) is 0 Å². The molecule has 2 heterocycles. The van der Waals surface area contributed by atoms with Crippen molar-refractivity contribution in [1.82, 2.24) is 10.2 Å². The molecule has 0 unspecified atom stereocenters. The SMILES string of the molecule is O=C(NC[C@H]1CCC2(CCN(Cc3cccc(Cl)c3)CC2)O1)c1ccccc1. The molecule has 2 aliphatic rings. The number of piperidine rings is 1. The zero-order valence-corrected chi connectivity index (χ0v) is 16.8. The third kappa shape index (κ3) is 4.75. The number of nitrogens with one attached hydrogen (secondary N) is 1. The van der Waals surface area contributed by atoms with E-state index in [4.69, 9.17) is 16.3 Å². The van der Waals surface area contributed by atoms with Crippen LogP contribution in [0.1, 0.15) is 41.6 Å². The maximum absolute atomic E-state index is 12.2. The molecular formula is C23H27ClN2O2. The summed E-state index contributed by atoms with van der Waals surface area (Å²) in [6.07, 6.45) is 4.33. The largest absolute Gasteiger partial charge is 0.370 e. The van der Waals surface area contributed by atoms with Crippen LogP contribution in [0.15, 0.2) is 54.6 Å². The minimum Gasteiger partial charge on any atom is -0.370 e. The molecule has 0 saturated carbocycles. The highest BCUT2D eigenvalue weighted by atomic mass is 35.5. The Morgan fingerprint density at radius 3 is 2.64 bits per heavy atom. The first-order valence-corrected chi connectivity index (χ1v) is 10.5. The van der Waals surface area contributed by atoms with Crippen LogP contribution < -0.4 is 5.32 Å². The van der Waals surface area contributed by atoms with Crippen molar-refractivity contribution in [2.75, 3.05) is 19.6 Å². The first-order chi connectivity index (χ1) is 13.6. The van der Waals surface area contributed by atoms with Crippen LogP contribution in [0.2, 0.25) is 5.02 Å². The molecule has 2 fully saturated rings. The average molecular weight is 399 g/mol. The van der Waals surface area contributed by atoms with Gasteiger partial charge in [0.1, 0.15) is 0 Å². The maximum atomic E-state index is 12.2. The van der Waals surface area contributed by atoms with Crippen LogP contribution in [0, 0.1) is 0 Å². The van der Waals surface area contributed by atoms with Gasteiger partial charge in [-0.3, -0.25) is 9.69 Å². The number of nitrogens with zero attached hydrogens (tertiary/aromatic N) is 1. The fourth-order valence-corrected chi connectivity index (χ4v) is 4.53. The van der Waals surface area contributed by atoms with E-state index in [0.29, 0.717) is 12.1 Å². The van der Waals surface area contributed by atoms with Crippen LogP contribution in [0.4, 0.5) is 0 Å². The van der Waals surface area contributed by atoms with Crippen LogP contribution in [-0.4, -0.2) is 42.1 Å². The predicted octanol–water partition coefficient (Wildman–Crippen LogP) is 4.28. The molecule has 0 radical (unpaired) electrons. The molecular weight excluding hydrogens is 372 g/mol. The van der Waals surface area contributed by atoms with Crippen molar-refractivity contribution >= 4 is 17.5 Å². The summed E-state index contributed by atoms with van der Waals surface area (Å²) >= 11 is 6.10. The van der Waals surface area contributed by atoms with E-state index in [-0.39, 0.29) is 17.6 Å². The highest BCUT2D eigenvalue weighted by molar-refractivity contribution is 6.30. The van der Waals surface area contributed by atoms with Crippen molar-refractivity contribution in [1.29, 1.82) is 0 Å². The molecule has 2 saturated heterocycles. The number of hydrogen-bond donors (Lipinski definition) is 1. The maximum Gasteiger partial charge on any atom is 0.251 e. The van der Waals surface area contributed by atoms with Crippen LogP contribution in [0.25, 0.3) is 0 Å². The normalized spacial score (nSPS) is 21.7. The van der Waals surface area contributed by atoms with Crippen LogP contribution >= 0.6 is 11.6 Å². The molecule has 0 aliphatic carbocycles. The topological polar surface area (TPSA) is 41.6 Å². The van der Waals surface area contributed by atoms with Crippen molar-refractivity contribution in [3.63, 3.8) is 0 Å². The smallest absolute Gasteiger partial charge is 0.251 e.